The zero-order chi connectivity index (χ0) is 21.7. The number of thiazole rings is 1. The van der Waals surface area contributed by atoms with Crippen LogP contribution in [0.2, 0.25) is 4.34 Å². The molecule has 0 radical (unpaired) electrons. The molecule has 1 aliphatic carbocycles. The lowest BCUT2D eigenvalue weighted by atomic mass is 9.79. The van der Waals surface area contributed by atoms with Crippen molar-refractivity contribution in [2.45, 2.75) is 24.4 Å². The predicted molar refractivity (Wildman–Crippen MR) is 116 cm³/mol. The van der Waals surface area contributed by atoms with Crippen LogP contribution in [-0.4, -0.2) is 78.9 Å². The van der Waals surface area contributed by atoms with Crippen molar-refractivity contribution in [2.75, 3.05) is 38.3 Å². The van der Waals surface area contributed by atoms with E-state index < -0.39 is 26.9 Å². The van der Waals surface area contributed by atoms with Crippen molar-refractivity contribution in [3.05, 3.63) is 34.0 Å². The van der Waals surface area contributed by atoms with Gasteiger partial charge in [0.05, 0.1) is 11.4 Å². The van der Waals surface area contributed by atoms with Crippen molar-refractivity contribution in [2.24, 2.45) is 5.41 Å². The summed E-state index contributed by atoms with van der Waals surface area (Å²) in [6.07, 6.45) is 6.57. The molecular formula is C18H24ClN5O4S2. The Hall–Kier alpha value is -1.50. The summed E-state index contributed by atoms with van der Waals surface area (Å²) in [7, 11) is -1.59. The lowest BCUT2D eigenvalue weighted by Crippen LogP contribution is -2.44. The Kier molecular flexibility index (Phi) is 5.71. The summed E-state index contributed by atoms with van der Waals surface area (Å²) in [5, 5.41) is 15.6. The zero-order valence-electron chi connectivity index (χ0n) is 16.6. The molecule has 9 nitrogen and oxygen atoms in total. The van der Waals surface area contributed by atoms with Gasteiger partial charge in [-0.3, -0.25) is 20.4 Å². The maximum absolute atomic E-state index is 13.0. The van der Waals surface area contributed by atoms with E-state index >= 15 is 0 Å². The van der Waals surface area contributed by atoms with Crippen LogP contribution in [0.15, 0.2) is 29.6 Å². The first-order chi connectivity index (χ1) is 14.1. The Morgan fingerprint density at radius 1 is 1.47 bits per heavy atom. The van der Waals surface area contributed by atoms with Gasteiger partial charge in [-0.05, 0) is 25.5 Å². The van der Waals surface area contributed by atoms with Gasteiger partial charge in [0, 0.05) is 37.0 Å². The molecule has 4 rings (SSSR count). The minimum absolute atomic E-state index is 0.323. The molecule has 2 aliphatic heterocycles. The Bertz CT molecular complexity index is 1020. The van der Waals surface area contributed by atoms with E-state index in [1.54, 1.807) is 18.0 Å². The normalized spacial score (nSPS) is 27.7. The molecule has 0 aromatic carbocycles. The van der Waals surface area contributed by atoms with Crippen molar-refractivity contribution < 1.29 is 18.3 Å². The third-order valence-corrected chi connectivity index (χ3v) is 8.43. The molecule has 3 aliphatic rings. The molecule has 2 amide bonds. The van der Waals surface area contributed by atoms with Crippen LogP contribution in [0, 0.1) is 5.41 Å². The minimum atomic E-state index is -3.27. The number of hydrogen-bond donors (Lipinski definition) is 3. The molecule has 3 N–H and O–H groups in total. The topological polar surface area (TPSA) is 115 Å². The number of nitrogens with one attached hydrogen (secondary N) is 2. The number of sulfone groups is 1. The van der Waals surface area contributed by atoms with Crippen molar-refractivity contribution >= 4 is 43.9 Å². The highest BCUT2D eigenvalue weighted by Crippen LogP contribution is 2.51. The fourth-order valence-electron chi connectivity index (χ4n) is 4.45. The van der Waals surface area contributed by atoms with Crippen LogP contribution in [0.1, 0.15) is 12.8 Å². The third-order valence-electron chi connectivity index (χ3n) is 5.97. The van der Waals surface area contributed by atoms with Crippen molar-refractivity contribution in [3.8, 4) is 0 Å². The number of halogens is 1. The number of amides is 2. The molecule has 1 aromatic heterocycles. The van der Waals surface area contributed by atoms with Gasteiger partial charge >= 0.3 is 6.03 Å². The van der Waals surface area contributed by atoms with Crippen LogP contribution >= 0.6 is 22.9 Å². The number of anilines is 1. The van der Waals surface area contributed by atoms with Gasteiger partial charge in [-0.25, -0.2) is 18.2 Å². The van der Waals surface area contributed by atoms with Gasteiger partial charge in [0.25, 0.3) is 0 Å². The first-order valence-electron chi connectivity index (χ1n) is 9.54. The summed E-state index contributed by atoms with van der Waals surface area (Å²) in [4.78, 5) is 20.7. The Morgan fingerprint density at radius 3 is 2.87 bits per heavy atom. The highest BCUT2D eigenvalue weighted by Gasteiger charge is 2.53. The Labute approximate surface area is 184 Å². The predicted octanol–water partition coefficient (Wildman–Crippen LogP) is 1.46. The van der Waals surface area contributed by atoms with Gasteiger partial charge < -0.3 is 5.11 Å². The maximum Gasteiger partial charge on any atom is 0.328 e. The molecule has 30 heavy (non-hydrogen) atoms. The number of allylic oxidation sites excluding steroid dienone is 2. The number of urea groups is 1. The fourth-order valence-corrected chi connectivity index (χ4v) is 6.08. The number of aliphatic hydroxyl groups excluding tert-OH is 1. The highest BCUT2D eigenvalue weighted by atomic mass is 35.5. The van der Waals surface area contributed by atoms with Crippen LogP contribution in [0.3, 0.4) is 0 Å². The van der Waals surface area contributed by atoms with E-state index in [-0.39, 0.29) is 6.03 Å². The second kappa shape index (κ2) is 7.88. The van der Waals surface area contributed by atoms with E-state index in [1.165, 1.54) is 23.8 Å². The molecule has 0 saturated carbocycles. The highest BCUT2D eigenvalue weighted by molar-refractivity contribution is 7.91. The lowest BCUT2D eigenvalue weighted by Gasteiger charge is -2.28. The maximum atomic E-state index is 13.0. The molecule has 1 spiro atoms. The monoisotopic (exact) mass is 473 g/mol. The molecule has 2 fully saturated rings. The standard InChI is InChI=1S/C18H24ClN5O4S2/c1-20-16(25)23-6-5-18(9-23)10-24(17(26)22-15-21-8-14(19)29-15)13-4-3-11(7-12(13)18)30(2,27)28/h4,7-8,11,16,20,25H,3,5-6,9-10H2,1-2H3,(H,21,22,26). The fraction of sp³-hybridized carbons (Fsp3) is 0.556. The molecule has 3 heterocycles. The van der Waals surface area contributed by atoms with Crippen LogP contribution in [0.25, 0.3) is 0 Å². The van der Waals surface area contributed by atoms with E-state index in [4.69, 9.17) is 11.6 Å². The number of fused-ring (bicyclic) bond motifs is 2. The van der Waals surface area contributed by atoms with Gasteiger partial charge in [-0.1, -0.05) is 35.1 Å². The van der Waals surface area contributed by atoms with E-state index in [9.17, 15) is 18.3 Å². The molecule has 164 valence electrons. The van der Waals surface area contributed by atoms with Crippen molar-refractivity contribution in [3.63, 3.8) is 0 Å². The van der Waals surface area contributed by atoms with E-state index in [0.717, 1.165) is 11.3 Å². The van der Waals surface area contributed by atoms with Gasteiger partial charge in [0.15, 0.2) is 21.3 Å². The quantitative estimate of drug-likeness (QED) is 0.567. The van der Waals surface area contributed by atoms with Gasteiger partial charge in [0.2, 0.25) is 0 Å². The SMILES string of the molecule is CNC(O)N1CCC2(CN(C(=O)Nc3ncc(Cl)s3)C3=CCC(S(C)(=O)=O)C=C32)C1. The van der Waals surface area contributed by atoms with E-state index in [0.29, 0.717) is 41.9 Å². The van der Waals surface area contributed by atoms with Crippen LogP contribution in [-0.2, 0) is 9.84 Å². The van der Waals surface area contributed by atoms with E-state index in [1.807, 2.05) is 11.0 Å². The van der Waals surface area contributed by atoms with Crippen molar-refractivity contribution in [1.82, 2.24) is 20.1 Å². The average Bonchev–Trinajstić information content (AvgIpc) is 3.39. The molecule has 1 aromatic rings. The second-order valence-electron chi connectivity index (χ2n) is 7.92. The van der Waals surface area contributed by atoms with Crippen LogP contribution < -0.4 is 10.6 Å². The summed E-state index contributed by atoms with van der Waals surface area (Å²) in [6.45, 7) is 1.55. The average molecular weight is 474 g/mol. The Balaban J connectivity index is 1.66. The Morgan fingerprint density at radius 2 is 2.23 bits per heavy atom. The van der Waals surface area contributed by atoms with Crippen LogP contribution in [0.5, 0.6) is 0 Å². The number of likely N-dealkylation sites (tertiary alicyclic amines) is 2. The summed E-state index contributed by atoms with van der Waals surface area (Å²) in [5.74, 6) is 0. The third kappa shape index (κ3) is 3.90. The number of aliphatic hydroxyl groups is 1. The van der Waals surface area contributed by atoms with E-state index in [2.05, 4.69) is 15.6 Å². The second-order valence-corrected chi connectivity index (χ2v) is 11.8. The minimum Gasteiger partial charge on any atom is -0.365 e. The number of carbonyl (C=O) groups excluding carboxylic acids is 1. The van der Waals surface area contributed by atoms with Crippen molar-refractivity contribution in [1.29, 1.82) is 0 Å². The summed E-state index contributed by atoms with van der Waals surface area (Å²) in [6, 6.07) is -0.333. The molecule has 2 saturated heterocycles. The van der Waals surface area contributed by atoms with Crippen LogP contribution in [0.4, 0.5) is 9.93 Å². The first-order valence-corrected chi connectivity index (χ1v) is 12.7. The smallest absolute Gasteiger partial charge is 0.328 e. The summed E-state index contributed by atoms with van der Waals surface area (Å²) >= 11 is 7.08. The number of nitrogens with zero attached hydrogens (tertiary/aromatic N) is 3. The summed E-state index contributed by atoms with van der Waals surface area (Å²) < 4.78 is 24.9. The van der Waals surface area contributed by atoms with Gasteiger partial charge in [0.1, 0.15) is 4.34 Å². The molecule has 3 atom stereocenters. The van der Waals surface area contributed by atoms with Gasteiger partial charge in [-0.15, -0.1) is 0 Å². The molecular weight excluding hydrogens is 450 g/mol. The number of aromatic nitrogens is 1. The summed E-state index contributed by atoms with van der Waals surface area (Å²) in [5.41, 5.74) is 1.16. The number of hydrogen-bond acceptors (Lipinski definition) is 8. The number of carbonyl (C=O) groups is 1. The lowest BCUT2D eigenvalue weighted by molar-refractivity contribution is -0.00606. The number of rotatable bonds is 4. The largest absolute Gasteiger partial charge is 0.365 e. The molecule has 0 bridgehead atoms. The molecule has 12 heteroatoms. The van der Waals surface area contributed by atoms with Gasteiger partial charge in [-0.2, -0.15) is 0 Å². The molecule has 3 unspecified atom stereocenters. The zero-order valence-corrected chi connectivity index (χ0v) is 19.0. The first kappa shape index (κ1) is 21.7.